The molecule has 0 aromatic carbocycles. The van der Waals surface area contributed by atoms with E-state index in [2.05, 4.69) is 9.72 Å². The quantitative estimate of drug-likeness (QED) is 0.771. The number of rotatable bonds is 3. The summed E-state index contributed by atoms with van der Waals surface area (Å²) in [4.78, 5) is 35.8. The van der Waals surface area contributed by atoms with Crippen molar-refractivity contribution in [1.29, 1.82) is 0 Å². The van der Waals surface area contributed by atoms with Crippen molar-refractivity contribution in [1.82, 2.24) is 4.98 Å². The molecule has 0 spiro atoms. The van der Waals surface area contributed by atoms with Gasteiger partial charge in [0.15, 0.2) is 5.75 Å². The smallest absolute Gasteiger partial charge is 0.337 e. The van der Waals surface area contributed by atoms with Crippen LogP contribution in [-0.4, -0.2) is 28.0 Å². The summed E-state index contributed by atoms with van der Waals surface area (Å²) in [5, 5.41) is 8.73. The molecule has 0 aliphatic heterocycles. The number of carbonyl (C=O) groups excluding carboxylic acids is 2. The standard InChI is InChI=1S/C10H9NO6/c1-5(12)16-8-3-7(10(14)15)4-11-9(8)17-6(2)13/h3-4H,1-2H3,(H,14,15). The number of carboxylic acids is 1. The lowest BCUT2D eigenvalue weighted by molar-refractivity contribution is -0.134. The number of nitrogens with zero attached hydrogens (tertiary/aromatic N) is 1. The molecule has 7 heteroatoms. The Kier molecular flexibility index (Phi) is 3.76. The van der Waals surface area contributed by atoms with E-state index < -0.39 is 17.9 Å². The highest BCUT2D eigenvalue weighted by atomic mass is 16.6. The Hall–Kier alpha value is -2.44. The molecule has 0 amide bonds. The number of carbonyl (C=O) groups is 3. The summed E-state index contributed by atoms with van der Waals surface area (Å²) in [6, 6.07) is 1.05. The zero-order valence-corrected chi connectivity index (χ0v) is 9.09. The number of esters is 2. The molecule has 1 N–H and O–H groups in total. The van der Waals surface area contributed by atoms with Gasteiger partial charge in [-0.25, -0.2) is 9.78 Å². The van der Waals surface area contributed by atoms with Crippen molar-refractivity contribution in [3.8, 4) is 11.6 Å². The number of pyridine rings is 1. The van der Waals surface area contributed by atoms with Gasteiger partial charge in [0, 0.05) is 26.1 Å². The topological polar surface area (TPSA) is 103 Å². The number of aromatic carboxylic acids is 1. The first-order valence-corrected chi connectivity index (χ1v) is 4.50. The van der Waals surface area contributed by atoms with Gasteiger partial charge in [-0.05, 0) is 0 Å². The van der Waals surface area contributed by atoms with Crippen LogP contribution in [0, 0.1) is 0 Å². The lowest BCUT2D eigenvalue weighted by atomic mass is 10.3. The first-order valence-electron chi connectivity index (χ1n) is 4.50. The molecule has 7 nitrogen and oxygen atoms in total. The van der Waals surface area contributed by atoms with E-state index in [0.29, 0.717) is 0 Å². The molecule has 0 saturated heterocycles. The molecule has 0 saturated carbocycles. The zero-order valence-electron chi connectivity index (χ0n) is 9.09. The molecule has 1 heterocycles. The maximum absolute atomic E-state index is 10.8. The molecular formula is C10H9NO6. The van der Waals surface area contributed by atoms with Gasteiger partial charge in [0.1, 0.15) is 0 Å². The maximum atomic E-state index is 10.8. The number of carboxylic acid groups (broad SMARTS) is 1. The Labute approximate surface area is 96.0 Å². The number of hydrogen-bond acceptors (Lipinski definition) is 6. The van der Waals surface area contributed by atoms with Gasteiger partial charge in [-0.2, -0.15) is 0 Å². The predicted molar refractivity (Wildman–Crippen MR) is 53.8 cm³/mol. The van der Waals surface area contributed by atoms with Gasteiger partial charge in [-0.1, -0.05) is 0 Å². The molecule has 17 heavy (non-hydrogen) atoms. The molecule has 0 aliphatic rings. The van der Waals surface area contributed by atoms with Crippen LogP contribution >= 0.6 is 0 Å². The first kappa shape index (κ1) is 12.6. The molecule has 0 fully saturated rings. The van der Waals surface area contributed by atoms with Crippen LogP contribution in [0.15, 0.2) is 12.3 Å². The summed E-state index contributed by atoms with van der Waals surface area (Å²) in [5.74, 6) is -3.04. The minimum Gasteiger partial charge on any atom is -0.478 e. The van der Waals surface area contributed by atoms with E-state index in [4.69, 9.17) is 9.84 Å². The van der Waals surface area contributed by atoms with E-state index in [9.17, 15) is 14.4 Å². The molecule has 0 atom stereocenters. The second kappa shape index (κ2) is 5.06. The second-order valence-electron chi connectivity index (χ2n) is 3.02. The van der Waals surface area contributed by atoms with E-state index in [0.717, 1.165) is 26.1 Å². The Morgan fingerprint density at radius 1 is 1.18 bits per heavy atom. The largest absolute Gasteiger partial charge is 0.478 e. The summed E-state index contributed by atoms with van der Waals surface area (Å²) in [5.41, 5.74) is -0.183. The Morgan fingerprint density at radius 2 is 1.76 bits per heavy atom. The van der Waals surface area contributed by atoms with Crippen LogP contribution in [0.3, 0.4) is 0 Å². The van der Waals surface area contributed by atoms with Crippen LogP contribution in [0.4, 0.5) is 0 Å². The van der Waals surface area contributed by atoms with Gasteiger partial charge in [0.25, 0.3) is 5.88 Å². The van der Waals surface area contributed by atoms with Crippen molar-refractivity contribution in [2.75, 3.05) is 0 Å². The van der Waals surface area contributed by atoms with Crippen molar-refractivity contribution in [2.24, 2.45) is 0 Å². The minimum atomic E-state index is -1.24. The van der Waals surface area contributed by atoms with Gasteiger partial charge in [0.05, 0.1) is 5.56 Å². The Bertz CT molecular complexity index is 482. The number of hydrogen-bond donors (Lipinski definition) is 1. The van der Waals surface area contributed by atoms with Gasteiger partial charge in [-0.3, -0.25) is 9.59 Å². The zero-order chi connectivity index (χ0) is 13.0. The Morgan fingerprint density at radius 3 is 2.24 bits per heavy atom. The SMILES string of the molecule is CC(=O)Oc1cc(C(=O)O)cnc1OC(C)=O. The van der Waals surface area contributed by atoms with Crippen LogP contribution < -0.4 is 9.47 Å². The molecule has 1 aromatic heterocycles. The number of ether oxygens (including phenoxy) is 2. The highest BCUT2D eigenvalue weighted by Crippen LogP contribution is 2.25. The minimum absolute atomic E-state index is 0.183. The van der Waals surface area contributed by atoms with Crippen molar-refractivity contribution in [3.05, 3.63) is 17.8 Å². The fourth-order valence-corrected chi connectivity index (χ4v) is 0.990. The van der Waals surface area contributed by atoms with Crippen LogP contribution in [-0.2, 0) is 9.59 Å². The summed E-state index contributed by atoms with van der Waals surface area (Å²) in [7, 11) is 0. The summed E-state index contributed by atoms with van der Waals surface area (Å²) >= 11 is 0. The lowest BCUT2D eigenvalue weighted by Gasteiger charge is -2.07. The van der Waals surface area contributed by atoms with E-state index >= 15 is 0 Å². The lowest BCUT2D eigenvalue weighted by Crippen LogP contribution is -2.10. The fourth-order valence-electron chi connectivity index (χ4n) is 0.990. The number of aromatic nitrogens is 1. The van der Waals surface area contributed by atoms with Gasteiger partial charge in [-0.15, -0.1) is 0 Å². The third-order valence-electron chi connectivity index (χ3n) is 1.56. The average Bonchev–Trinajstić information content (AvgIpc) is 2.18. The van der Waals surface area contributed by atoms with Crippen LogP contribution in [0.25, 0.3) is 0 Å². The molecule has 0 bridgehead atoms. The van der Waals surface area contributed by atoms with Crippen molar-refractivity contribution >= 4 is 17.9 Å². The van der Waals surface area contributed by atoms with E-state index in [-0.39, 0.29) is 17.2 Å². The maximum Gasteiger partial charge on any atom is 0.337 e. The first-order chi connectivity index (χ1) is 7.90. The summed E-state index contributed by atoms with van der Waals surface area (Å²) in [6.45, 7) is 2.27. The third-order valence-corrected chi connectivity index (χ3v) is 1.56. The van der Waals surface area contributed by atoms with Gasteiger partial charge >= 0.3 is 17.9 Å². The van der Waals surface area contributed by atoms with Crippen molar-refractivity contribution in [3.63, 3.8) is 0 Å². The van der Waals surface area contributed by atoms with Crippen molar-refractivity contribution in [2.45, 2.75) is 13.8 Å². The molecule has 90 valence electrons. The van der Waals surface area contributed by atoms with Gasteiger partial charge < -0.3 is 14.6 Å². The monoisotopic (exact) mass is 239 g/mol. The van der Waals surface area contributed by atoms with Gasteiger partial charge in [0.2, 0.25) is 0 Å². The van der Waals surface area contributed by atoms with Crippen LogP contribution in [0.5, 0.6) is 11.6 Å². The molecule has 0 radical (unpaired) electrons. The second-order valence-corrected chi connectivity index (χ2v) is 3.02. The summed E-state index contributed by atoms with van der Waals surface area (Å²) < 4.78 is 9.36. The average molecular weight is 239 g/mol. The molecule has 0 aliphatic carbocycles. The van der Waals surface area contributed by atoms with E-state index in [1.54, 1.807) is 0 Å². The fraction of sp³-hybridized carbons (Fsp3) is 0.200. The Balaban J connectivity index is 3.15. The highest BCUT2D eigenvalue weighted by Gasteiger charge is 2.15. The van der Waals surface area contributed by atoms with Crippen LogP contribution in [0.1, 0.15) is 24.2 Å². The molecule has 1 rings (SSSR count). The highest BCUT2D eigenvalue weighted by molar-refractivity contribution is 5.88. The van der Waals surface area contributed by atoms with Crippen molar-refractivity contribution < 1.29 is 29.0 Å². The third kappa shape index (κ3) is 3.56. The summed E-state index contributed by atoms with van der Waals surface area (Å²) in [6.07, 6.45) is 0.994. The van der Waals surface area contributed by atoms with Crippen LogP contribution in [0.2, 0.25) is 0 Å². The molecule has 1 aromatic rings. The molecule has 0 unspecified atom stereocenters. The van der Waals surface area contributed by atoms with E-state index in [1.807, 2.05) is 0 Å². The normalized spacial score (nSPS) is 9.53. The predicted octanol–water partition coefficient (Wildman–Crippen LogP) is 0.630. The van der Waals surface area contributed by atoms with E-state index in [1.165, 1.54) is 0 Å². The molecular weight excluding hydrogens is 230 g/mol.